The summed E-state index contributed by atoms with van der Waals surface area (Å²) >= 11 is 0. The summed E-state index contributed by atoms with van der Waals surface area (Å²) in [5.74, 6) is 0.447. The zero-order chi connectivity index (χ0) is 11.1. The second kappa shape index (κ2) is 6.46. The molecule has 0 spiro atoms. The summed E-state index contributed by atoms with van der Waals surface area (Å²) in [6, 6.07) is 0. The van der Waals surface area contributed by atoms with Crippen LogP contribution in [0.15, 0.2) is 0 Å². The molecule has 0 saturated heterocycles. The Labute approximate surface area is 92.1 Å². The van der Waals surface area contributed by atoms with Crippen molar-refractivity contribution in [1.82, 2.24) is 0 Å². The number of hydrogen-bond donors (Lipinski definition) is 3. The lowest BCUT2D eigenvalue weighted by molar-refractivity contribution is 0.0396. The van der Waals surface area contributed by atoms with E-state index in [9.17, 15) is 5.11 Å². The van der Waals surface area contributed by atoms with Gasteiger partial charge in [0.2, 0.25) is 0 Å². The molecule has 3 heteroatoms. The molecular formula is C12H24O3. The van der Waals surface area contributed by atoms with Gasteiger partial charge in [0, 0.05) is 19.8 Å². The van der Waals surface area contributed by atoms with Gasteiger partial charge in [0.15, 0.2) is 0 Å². The van der Waals surface area contributed by atoms with Gasteiger partial charge in [-0.3, -0.25) is 0 Å². The fraction of sp³-hybridized carbons (Fsp3) is 1.00. The molecule has 0 radical (unpaired) electrons. The van der Waals surface area contributed by atoms with Crippen LogP contribution in [0.25, 0.3) is 0 Å². The molecule has 0 aromatic rings. The summed E-state index contributed by atoms with van der Waals surface area (Å²) in [5.41, 5.74) is 0.0842. The third-order valence-corrected chi connectivity index (χ3v) is 3.87. The van der Waals surface area contributed by atoms with Gasteiger partial charge < -0.3 is 15.3 Å². The monoisotopic (exact) mass is 216 g/mol. The molecule has 1 aliphatic carbocycles. The van der Waals surface area contributed by atoms with Crippen molar-refractivity contribution in [1.29, 1.82) is 0 Å². The van der Waals surface area contributed by atoms with Crippen molar-refractivity contribution in [2.75, 3.05) is 19.8 Å². The lowest BCUT2D eigenvalue weighted by Crippen LogP contribution is -2.32. The van der Waals surface area contributed by atoms with E-state index in [-0.39, 0.29) is 25.2 Å². The first-order valence-electron chi connectivity index (χ1n) is 6.09. The van der Waals surface area contributed by atoms with Crippen molar-refractivity contribution in [2.45, 2.75) is 44.9 Å². The highest BCUT2D eigenvalue weighted by atomic mass is 16.3. The van der Waals surface area contributed by atoms with E-state index in [0.29, 0.717) is 5.92 Å². The molecule has 1 aliphatic rings. The van der Waals surface area contributed by atoms with Crippen LogP contribution in [-0.4, -0.2) is 35.1 Å². The van der Waals surface area contributed by atoms with Gasteiger partial charge in [-0.25, -0.2) is 0 Å². The Hall–Kier alpha value is -0.120. The van der Waals surface area contributed by atoms with Gasteiger partial charge in [0.1, 0.15) is 0 Å². The van der Waals surface area contributed by atoms with E-state index in [0.717, 1.165) is 44.9 Å². The molecule has 0 unspecified atom stereocenters. The summed E-state index contributed by atoms with van der Waals surface area (Å²) in [4.78, 5) is 0. The van der Waals surface area contributed by atoms with Crippen LogP contribution in [-0.2, 0) is 0 Å². The Morgan fingerprint density at radius 1 is 1.00 bits per heavy atom. The van der Waals surface area contributed by atoms with Gasteiger partial charge in [-0.1, -0.05) is 6.42 Å². The summed E-state index contributed by atoms with van der Waals surface area (Å²) in [6.07, 6.45) is 6.99. The van der Waals surface area contributed by atoms with E-state index in [4.69, 9.17) is 10.2 Å². The molecule has 1 fully saturated rings. The minimum absolute atomic E-state index is 0.0842. The highest BCUT2D eigenvalue weighted by molar-refractivity contribution is 4.85. The summed E-state index contributed by atoms with van der Waals surface area (Å²) in [7, 11) is 0. The van der Waals surface area contributed by atoms with Crippen molar-refractivity contribution in [2.24, 2.45) is 11.3 Å². The molecule has 0 atom stereocenters. The molecule has 3 N–H and O–H groups in total. The van der Waals surface area contributed by atoms with Crippen LogP contribution in [0, 0.1) is 11.3 Å². The first-order chi connectivity index (χ1) is 7.26. The zero-order valence-electron chi connectivity index (χ0n) is 9.49. The van der Waals surface area contributed by atoms with Gasteiger partial charge in [0.05, 0.1) is 0 Å². The van der Waals surface area contributed by atoms with Crippen LogP contribution in [0.4, 0.5) is 0 Å². The summed E-state index contributed by atoms with van der Waals surface area (Å²) in [5, 5.41) is 27.3. The first kappa shape index (κ1) is 12.9. The second-order valence-corrected chi connectivity index (χ2v) is 4.96. The SMILES string of the molecule is OCCCCC1(CO)CCC(CO)CC1. The van der Waals surface area contributed by atoms with E-state index < -0.39 is 0 Å². The maximum Gasteiger partial charge on any atom is 0.0487 e. The molecular weight excluding hydrogens is 192 g/mol. The predicted molar refractivity (Wildman–Crippen MR) is 59.5 cm³/mol. The third kappa shape index (κ3) is 3.74. The molecule has 3 nitrogen and oxygen atoms in total. The zero-order valence-corrected chi connectivity index (χ0v) is 9.49. The molecule has 1 saturated carbocycles. The first-order valence-corrected chi connectivity index (χ1v) is 6.09. The maximum atomic E-state index is 9.47. The summed E-state index contributed by atoms with van der Waals surface area (Å²) in [6.45, 7) is 0.801. The van der Waals surface area contributed by atoms with Crippen molar-refractivity contribution >= 4 is 0 Å². The topological polar surface area (TPSA) is 60.7 Å². The second-order valence-electron chi connectivity index (χ2n) is 4.96. The van der Waals surface area contributed by atoms with Crippen LogP contribution < -0.4 is 0 Å². The van der Waals surface area contributed by atoms with Gasteiger partial charge in [-0.2, -0.15) is 0 Å². The van der Waals surface area contributed by atoms with E-state index in [1.54, 1.807) is 0 Å². The quantitative estimate of drug-likeness (QED) is 0.587. The Kier molecular flexibility index (Phi) is 5.58. The molecule has 0 aromatic carbocycles. The van der Waals surface area contributed by atoms with E-state index in [2.05, 4.69) is 0 Å². The Morgan fingerprint density at radius 2 is 1.67 bits per heavy atom. The average Bonchev–Trinajstić information content (AvgIpc) is 2.30. The molecule has 1 rings (SSSR count). The third-order valence-electron chi connectivity index (χ3n) is 3.87. The van der Waals surface area contributed by atoms with Crippen molar-refractivity contribution in [3.05, 3.63) is 0 Å². The lowest BCUT2D eigenvalue weighted by Gasteiger charge is -2.38. The minimum Gasteiger partial charge on any atom is -0.396 e. The fourth-order valence-electron chi connectivity index (χ4n) is 2.57. The number of rotatable bonds is 6. The molecule has 0 amide bonds. The molecule has 0 heterocycles. The van der Waals surface area contributed by atoms with Gasteiger partial charge in [-0.05, 0) is 49.9 Å². The standard InChI is InChI=1S/C12H24O3/c13-8-2-1-5-12(10-15)6-3-11(9-14)4-7-12/h11,13-15H,1-10H2. The Bertz CT molecular complexity index is 157. The van der Waals surface area contributed by atoms with Crippen LogP contribution in [0.2, 0.25) is 0 Å². The van der Waals surface area contributed by atoms with Crippen LogP contribution >= 0.6 is 0 Å². The van der Waals surface area contributed by atoms with Crippen LogP contribution in [0.1, 0.15) is 44.9 Å². The van der Waals surface area contributed by atoms with Gasteiger partial charge in [-0.15, -0.1) is 0 Å². The average molecular weight is 216 g/mol. The Balaban J connectivity index is 2.34. The van der Waals surface area contributed by atoms with Crippen molar-refractivity contribution < 1.29 is 15.3 Å². The number of unbranched alkanes of at least 4 members (excludes halogenated alkanes) is 1. The fourth-order valence-corrected chi connectivity index (χ4v) is 2.57. The highest BCUT2D eigenvalue weighted by Crippen LogP contribution is 2.42. The molecule has 0 aliphatic heterocycles. The smallest absolute Gasteiger partial charge is 0.0487 e. The predicted octanol–water partition coefficient (Wildman–Crippen LogP) is 1.31. The molecule has 90 valence electrons. The highest BCUT2D eigenvalue weighted by Gasteiger charge is 2.33. The van der Waals surface area contributed by atoms with Gasteiger partial charge in [0.25, 0.3) is 0 Å². The number of aliphatic hydroxyl groups is 3. The largest absolute Gasteiger partial charge is 0.396 e. The van der Waals surface area contributed by atoms with Crippen molar-refractivity contribution in [3.63, 3.8) is 0 Å². The summed E-state index contributed by atoms with van der Waals surface area (Å²) < 4.78 is 0. The van der Waals surface area contributed by atoms with Gasteiger partial charge >= 0.3 is 0 Å². The minimum atomic E-state index is 0.0842. The number of aliphatic hydroxyl groups excluding tert-OH is 3. The van der Waals surface area contributed by atoms with E-state index >= 15 is 0 Å². The normalized spacial score (nSPS) is 31.8. The molecule has 15 heavy (non-hydrogen) atoms. The molecule has 0 bridgehead atoms. The van der Waals surface area contributed by atoms with E-state index in [1.807, 2.05) is 0 Å². The lowest BCUT2D eigenvalue weighted by atomic mass is 9.68. The Morgan fingerprint density at radius 3 is 2.13 bits per heavy atom. The number of hydrogen-bond acceptors (Lipinski definition) is 3. The van der Waals surface area contributed by atoms with Crippen LogP contribution in [0.5, 0.6) is 0 Å². The van der Waals surface area contributed by atoms with E-state index in [1.165, 1.54) is 0 Å². The van der Waals surface area contributed by atoms with Crippen molar-refractivity contribution in [3.8, 4) is 0 Å². The maximum absolute atomic E-state index is 9.47. The van der Waals surface area contributed by atoms with Crippen LogP contribution in [0.3, 0.4) is 0 Å². The molecule has 0 aromatic heterocycles.